The molecule has 12 heteroatoms. The summed E-state index contributed by atoms with van der Waals surface area (Å²) in [5.41, 5.74) is 2.02. The summed E-state index contributed by atoms with van der Waals surface area (Å²) in [6.45, 7) is 3.53. The molecule has 46 heavy (non-hydrogen) atoms. The first-order chi connectivity index (χ1) is 21.9. The first-order valence-electron chi connectivity index (χ1n) is 15.4. The number of nitriles is 1. The molecule has 2 N–H and O–H groups in total. The maximum atomic E-state index is 13.7. The smallest absolute Gasteiger partial charge is 0.282 e. The fourth-order valence-corrected chi connectivity index (χ4v) is 5.54. The van der Waals surface area contributed by atoms with Crippen LogP contribution in [0.4, 0.5) is 14.6 Å². The number of rotatable bonds is 11. The molecule has 0 unspecified atom stereocenters. The molecule has 2 amide bonds. The zero-order valence-corrected chi connectivity index (χ0v) is 26.0. The molecule has 2 aliphatic carbocycles. The molecule has 0 radical (unpaired) electrons. The number of hydrogen-bond donors (Lipinski definition) is 2. The SMILES string of the molecule is COC(C)(C)CNCc1cc(C(=O)Nc2cc(-c3ccc(C#N)cc3C(=O)N3CC(F)(F)C3)cc(C3CC3)n2)c(=O)n(C2CC2)c1. The summed E-state index contributed by atoms with van der Waals surface area (Å²) in [4.78, 5) is 46.2. The van der Waals surface area contributed by atoms with E-state index in [1.807, 2.05) is 26.0 Å². The van der Waals surface area contributed by atoms with Crippen molar-refractivity contribution in [2.24, 2.45) is 0 Å². The van der Waals surface area contributed by atoms with Gasteiger partial charge in [0.05, 0.1) is 30.3 Å². The molecule has 6 rings (SSSR count). The average molecular weight is 631 g/mol. The van der Waals surface area contributed by atoms with Gasteiger partial charge in [-0.25, -0.2) is 13.8 Å². The fraction of sp³-hybridized carbons (Fsp3) is 0.441. The van der Waals surface area contributed by atoms with Crippen LogP contribution in [0.2, 0.25) is 0 Å². The highest BCUT2D eigenvalue weighted by molar-refractivity contribution is 6.05. The van der Waals surface area contributed by atoms with Crippen LogP contribution >= 0.6 is 0 Å². The first-order valence-corrected chi connectivity index (χ1v) is 15.4. The van der Waals surface area contributed by atoms with Gasteiger partial charge in [-0.3, -0.25) is 14.4 Å². The summed E-state index contributed by atoms with van der Waals surface area (Å²) in [6, 6.07) is 11.6. The second-order valence-electron chi connectivity index (χ2n) is 13.1. The minimum atomic E-state index is -2.94. The van der Waals surface area contributed by atoms with Gasteiger partial charge in [0.25, 0.3) is 23.3 Å². The Bertz CT molecular complexity index is 1800. The molecule has 2 aromatic heterocycles. The highest BCUT2D eigenvalue weighted by atomic mass is 19.3. The van der Waals surface area contributed by atoms with Crippen LogP contribution in [0.5, 0.6) is 0 Å². The van der Waals surface area contributed by atoms with Crippen molar-refractivity contribution in [2.75, 3.05) is 32.1 Å². The number of ether oxygens (including phenoxy) is 1. The molecule has 10 nitrogen and oxygen atoms in total. The van der Waals surface area contributed by atoms with Gasteiger partial charge in [0, 0.05) is 49.6 Å². The molecule has 0 bridgehead atoms. The molecule has 0 spiro atoms. The molecule has 1 aromatic carbocycles. The van der Waals surface area contributed by atoms with Crippen LogP contribution in [0.3, 0.4) is 0 Å². The van der Waals surface area contributed by atoms with Crippen LogP contribution in [0.25, 0.3) is 11.1 Å². The molecule has 0 atom stereocenters. The van der Waals surface area contributed by atoms with Crippen molar-refractivity contribution >= 4 is 17.6 Å². The third-order valence-corrected chi connectivity index (χ3v) is 8.62. The standard InChI is InChI=1S/C34H36F2N6O4/c1-33(2,46-3)17-38-15-21-11-27(32(45)42(16-21)24-7-8-24)30(43)40-29-13-23(12-28(39-29)22-5-6-22)25-9-4-20(14-37)10-26(25)31(44)41-18-34(35,36)19-41/h4,9-13,16,22,24,38H,5-8,15,17-19H2,1-3H3,(H,39,40,43). The van der Waals surface area contributed by atoms with Gasteiger partial charge in [-0.1, -0.05) is 6.07 Å². The summed E-state index contributed by atoms with van der Waals surface area (Å²) >= 11 is 0. The van der Waals surface area contributed by atoms with E-state index in [1.165, 1.54) is 6.07 Å². The number of halogens is 2. The van der Waals surface area contributed by atoms with E-state index in [4.69, 9.17) is 4.74 Å². The lowest BCUT2D eigenvalue weighted by Gasteiger charge is -2.39. The van der Waals surface area contributed by atoms with Gasteiger partial charge in [0.1, 0.15) is 11.4 Å². The lowest BCUT2D eigenvalue weighted by molar-refractivity contribution is -0.113. The van der Waals surface area contributed by atoms with Crippen LogP contribution in [-0.2, 0) is 11.3 Å². The van der Waals surface area contributed by atoms with Crippen molar-refractivity contribution in [3.05, 3.63) is 80.9 Å². The van der Waals surface area contributed by atoms with Crippen molar-refractivity contribution in [3.63, 3.8) is 0 Å². The highest BCUT2D eigenvalue weighted by Gasteiger charge is 2.46. The van der Waals surface area contributed by atoms with Crippen molar-refractivity contribution in [2.45, 2.75) is 69.6 Å². The molecule has 3 aromatic rings. The number of anilines is 1. The second kappa shape index (κ2) is 12.0. The normalized spacial score (nSPS) is 17.3. The zero-order chi connectivity index (χ0) is 32.8. The van der Waals surface area contributed by atoms with E-state index in [-0.39, 0.29) is 45.6 Å². The Morgan fingerprint density at radius 3 is 2.48 bits per heavy atom. The summed E-state index contributed by atoms with van der Waals surface area (Å²) in [5.74, 6) is -3.79. The van der Waals surface area contributed by atoms with Gasteiger partial charge in [0.15, 0.2) is 0 Å². The number of carbonyl (C=O) groups is 2. The van der Waals surface area contributed by atoms with E-state index in [9.17, 15) is 28.4 Å². The number of nitrogens with zero attached hydrogens (tertiary/aromatic N) is 4. The van der Waals surface area contributed by atoms with Crippen molar-refractivity contribution in [1.82, 2.24) is 19.8 Å². The van der Waals surface area contributed by atoms with Gasteiger partial charge in [-0.2, -0.15) is 5.26 Å². The van der Waals surface area contributed by atoms with Crippen molar-refractivity contribution < 1.29 is 23.1 Å². The number of nitrogens with one attached hydrogen (secondary N) is 2. The van der Waals surface area contributed by atoms with Gasteiger partial charge >= 0.3 is 0 Å². The number of likely N-dealkylation sites (tertiary alicyclic amines) is 1. The number of hydrogen-bond acceptors (Lipinski definition) is 7. The minimum absolute atomic E-state index is 0.00896. The van der Waals surface area contributed by atoms with Gasteiger partial charge in [-0.05, 0) is 86.6 Å². The van der Waals surface area contributed by atoms with Crippen LogP contribution in [-0.4, -0.2) is 64.5 Å². The highest BCUT2D eigenvalue weighted by Crippen LogP contribution is 2.42. The van der Waals surface area contributed by atoms with Crippen molar-refractivity contribution in [3.8, 4) is 17.2 Å². The van der Waals surface area contributed by atoms with Crippen LogP contribution in [0.1, 0.15) is 89.0 Å². The average Bonchev–Trinajstić information content (AvgIpc) is 3.93. The Hall–Kier alpha value is -4.47. The van der Waals surface area contributed by atoms with Crippen LogP contribution < -0.4 is 16.2 Å². The van der Waals surface area contributed by atoms with Gasteiger partial charge < -0.3 is 24.8 Å². The first kappa shape index (κ1) is 31.5. The molecule has 1 aliphatic heterocycles. The topological polar surface area (TPSA) is 129 Å². The van der Waals surface area contributed by atoms with Crippen LogP contribution in [0, 0.1) is 11.3 Å². The molecule has 3 fully saturated rings. The lowest BCUT2D eigenvalue weighted by Crippen LogP contribution is -2.58. The maximum absolute atomic E-state index is 13.7. The fourth-order valence-electron chi connectivity index (χ4n) is 5.54. The lowest BCUT2D eigenvalue weighted by atomic mass is 9.95. The molecule has 2 saturated carbocycles. The Kier molecular flexibility index (Phi) is 8.25. The zero-order valence-electron chi connectivity index (χ0n) is 26.0. The number of pyridine rings is 2. The summed E-state index contributed by atoms with van der Waals surface area (Å²) < 4.78 is 34.3. The molecule has 3 aliphatic rings. The second-order valence-corrected chi connectivity index (χ2v) is 13.1. The van der Waals surface area contributed by atoms with E-state index in [2.05, 4.69) is 15.6 Å². The predicted molar refractivity (Wildman–Crippen MR) is 167 cm³/mol. The molecular weight excluding hydrogens is 594 g/mol. The van der Waals surface area contributed by atoms with E-state index in [0.717, 1.165) is 36.1 Å². The third-order valence-electron chi connectivity index (χ3n) is 8.62. The Morgan fingerprint density at radius 1 is 1.11 bits per heavy atom. The van der Waals surface area contributed by atoms with Gasteiger partial charge in [0.2, 0.25) is 0 Å². The Balaban J connectivity index is 1.32. The largest absolute Gasteiger partial charge is 0.377 e. The van der Waals surface area contributed by atoms with E-state index >= 15 is 0 Å². The third kappa shape index (κ3) is 6.85. The van der Waals surface area contributed by atoms with Gasteiger partial charge in [-0.15, -0.1) is 0 Å². The van der Waals surface area contributed by atoms with E-state index in [0.29, 0.717) is 29.9 Å². The Labute approximate surface area is 265 Å². The minimum Gasteiger partial charge on any atom is -0.377 e. The Morgan fingerprint density at radius 2 is 1.85 bits per heavy atom. The number of methoxy groups -OCH3 is 1. The number of alkyl halides is 2. The summed E-state index contributed by atoms with van der Waals surface area (Å²) in [5, 5.41) is 15.6. The molecular formula is C34H36F2N6O4. The van der Waals surface area contributed by atoms with Crippen molar-refractivity contribution in [1.29, 1.82) is 5.26 Å². The molecule has 240 valence electrons. The number of aromatic nitrogens is 2. The maximum Gasteiger partial charge on any atom is 0.282 e. The van der Waals surface area contributed by atoms with E-state index < -0.39 is 30.8 Å². The number of benzene rings is 1. The van der Waals surface area contributed by atoms with Crippen LogP contribution in [0.15, 0.2) is 47.4 Å². The summed E-state index contributed by atoms with van der Waals surface area (Å²) in [6.07, 6.45) is 5.35. The molecule has 1 saturated heterocycles. The molecule has 3 heterocycles. The predicted octanol–water partition coefficient (Wildman–Crippen LogP) is 4.85. The summed E-state index contributed by atoms with van der Waals surface area (Å²) in [7, 11) is 1.64. The van der Waals surface area contributed by atoms with E-state index in [1.54, 1.807) is 42.1 Å². The monoisotopic (exact) mass is 630 g/mol. The number of carbonyl (C=O) groups excluding carboxylic acids is 2. The quantitative estimate of drug-likeness (QED) is 0.310. The number of amides is 2.